The van der Waals surface area contributed by atoms with Crippen LogP contribution in [0.5, 0.6) is 0 Å². The minimum atomic E-state index is -0.111. The van der Waals surface area contributed by atoms with Gasteiger partial charge < -0.3 is 15.2 Å². The highest BCUT2D eigenvalue weighted by Gasteiger charge is 2.25. The molecular formula is C16H28N4O2. The van der Waals surface area contributed by atoms with Gasteiger partial charge in [0, 0.05) is 37.4 Å². The molecule has 2 heterocycles. The number of piperidine rings is 1. The molecule has 124 valence electrons. The zero-order chi connectivity index (χ0) is 16.2. The fraction of sp³-hybridized carbons (Fsp3) is 0.812. The molecule has 2 N–H and O–H groups in total. The van der Waals surface area contributed by atoms with Crippen molar-refractivity contribution in [1.82, 2.24) is 15.0 Å². The van der Waals surface area contributed by atoms with Crippen LogP contribution in [0.15, 0.2) is 4.52 Å². The average molecular weight is 308 g/mol. The molecule has 22 heavy (non-hydrogen) atoms. The van der Waals surface area contributed by atoms with E-state index in [1.165, 1.54) is 6.42 Å². The van der Waals surface area contributed by atoms with E-state index in [1.807, 2.05) is 4.90 Å². The fourth-order valence-corrected chi connectivity index (χ4v) is 2.77. The molecule has 6 nitrogen and oxygen atoms in total. The lowest BCUT2D eigenvalue weighted by molar-refractivity contribution is -0.134. The van der Waals surface area contributed by atoms with Crippen molar-refractivity contribution in [2.75, 3.05) is 13.1 Å². The smallest absolute Gasteiger partial charge is 0.226 e. The average Bonchev–Trinajstić information content (AvgIpc) is 2.96. The summed E-state index contributed by atoms with van der Waals surface area (Å²) < 4.78 is 5.25. The summed E-state index contributed by atoms with van der Waals surface area (Å²) in [4.78, 5) is 18.7. The van der Waals surface area contributed by atoms with Crippen molar-refractivity contribution < 1.29 is 9.32 Å². The first-order chi connectivity index (χ1) is 10.4. The summed E-state index contributed by atoms with van der Waals surface area (Å²) in [7, 11) is 0. The number of rotatable bonds is 5. The van der Waals surface area contributed by atoms with E-state index in [2.05, 4.69) is 30.9 Å². The van der Waals surface area contributed by atoms with Gasteiger partial charge in [0.25, 0.3) is 0 Å². The van der Waals surface area contributed by atoms with E-state index < -0.39 is 0 Å². The van der Waals surface area contributed by atoms with Gasteiger partial charge in [-0.25, -0.2) is 0 Å². The fourth-order valence-electron chi connectivity index (χ4n) is 2.77. The molecule has 2 rings (SSSR count). The molecule has 1 aliphatic rings. The number of hydrogen-bond acceptors (Lipinski definition) is 5. The van der Waals surface area contributed by atoms with Gasteiger partial charge in [-0.3, -0.25) is 4.79 Å². The monoisotopic (exact) mass is 308 g/mol. The second kappa shape index (κ2) is 7.22. The van der Waals surface area contributed by atoms with Gasteiger partial charge in [-0.1, -0.05) is 25.9 Å². The van der Waals surface area contributed by atoms with Crippen LogP contribution < -0.4 is 5.73 Å². The molecule has 0 radical (unpaired) electrons. The number of nitrogens with zero attached hydrogens (tertiary/aromatic N) is 3. The van der Waals surface area contributed by atoms with Gasteiger partial charge in [0.1, 0.15) is 0 Å². The molecule has 1 unspecified atom stereocenters. The second-order valence-electron chi connectivity index (χ2n) is 7.09. The molecule has 0 spiro atoms. The molecule has 0 saturated carbocycles. The Morgan fingerprint density at radius 3 is 2.82 bits per heavy atom. The maximum absolute atomic E-state index is 12.3. The quantitative estimate of drug-likeness (QED) is 0.899. The summed E-state index contributed by atoms with van der Waals surface area (Å²) in [5.41, 5.74) is 5.66. The van der Waals surface area contributed by atoms with Crippen molar-refractivity contribution in [2.24, 2.45) is 5.73 Å². The Bertz CT molecular complexity index is 493. The molecule has 1 fully saturated rings. The summed E-state index contributed by atoms with van der Waals surface area (Å²) in [5, 5.41) is 4.00. The summed E-state index contributed by atoms with van der Waals surface area (Å²) in [6.45, 7) is 7.55. The van der Waals surface area contributed by atoms with E-state index in [0.717, 1.165) is 25.8 Å². The molecule has 1 aliphatic heterocycles. The number of likely N-dealkylation sites (tertiary alicyclic amines) is 1. The van der Waals surface area contributed by atoms with Gasteiger partial charge in [0.2, 0.25) is 11.8 Å². The minimum Gasteiger partial charge on any atom is -0.339 e. The SMILES string of the molecule is CC(C)(C)c1noc(CCCC(=O)N2CCCCC2CN)n1. The molecule has 1 amide bonds. The molecule has 0 bridgehead atoms. The zero-order valence-corrected chi connectivity index (χ0v) is 14.0. The number of hydrogen-bond donors (Lipinski definition) is 1. The summed E-state index contributed by atoms with van der Waals surface area (Å²) in [6, 6.07) is 0.220. The topological polar surface area (TPSA) is 85.2 Å². The van der Waals surface area contributed by atoms with E-state index in [0.29, 0.717) is 31.1 Å². The summed E-state index contributed by atoms with van der Waals surface area (Å²) >= 11 is 0. The Labute approximate surface area is 132 Å². The highest BCUT2D eigenvalue weighted by molar-refractivity contribution is 5.76. The number of carbonyl (C=O) groups excluding carboxylic acids is 1. The van der Waals surface area contributed by atoms with Gasteiger partial charge in [-0.2, -0.15) is 4.98 Å². The van der Waals surface area contributed by atoms with E-state index >= 15 is 0 Å². The number of amides is 1. The first kappa shape index (κ1) is 16.9. The van der Waals surface area contributed by atoms with Crippen molar-refractivity contribution >= 4 is 5.91 Å². The Morgan fingerprint density at radius 2 is 2.18 bits per heavy atom. The van der Waals surface area contributed by atoms with Crippen LogP contribution >= 0.6 is 0 Å². The normalized spacial score (nSPS) is 19.5. The molecular weight excluding hydrogens is 280 g/mol. The maximum Gasteiger partial charge on any atom is 0.226 e. The van der Waals surface area contributed by atoms with Crippen LogP contribution in [0.2, 0.25) is 0 Å². The lowest BCUT2D eigenvalue weighted by Gasteiger charge is -2.35. The third kappa shape index (κ3) is 4.29. The zero-order valence-electron chi connectivity index (χ0n) is 14.0. The van der Waals surface area contributed by atoms with Gasteiger partial charge in [-0.15, -0.1) is 0 Å². The van der Waals surface area contributed by atoms with E-state index in [1.54, 1.807) is 0 Å². The van der Waals surface area contributed by atoms with Gasteiger partial charge in [-0.05, 0) is 25.7 Å². The predicted octanol–water partition coefficient (Wildman–Crippen LogP) is 2.03. The third-order valence-corrected chi connectivity index (χ3v) is 4.14. The molecule has 1 atom stereocenters. The number of aryl methyl sites for hydroxylation is 1. The highest BCUT2D eigenvalue weighted by Crippen LogP contribution is 2.20. The maximum atomic E-state index is 12.3. The second-order valence-corrected chi connectivity index (χ2v) is 7.09. The lowest BCUT2D eigenvalue weighted by Crippen LogP contribution is -2.47. The Balaban J connectivity index is 1.80. The molecule has 6 heteroatoms. The molecule has 1 saturated heterocycles. The van der Waals surface area contributed by atoms with E-state index in [-0.39, 0.29) is 17.4 Å². The lowest BCUT2D eigenvalue weighted by atomic mass is 9.96. The Morgan fingerprint density at radius 1 is 1.41 bits per heavy atom. The van der Waals surface area contributed by atoms with Crippen molar-refractivity contribution in [3.8, 4) is 0 Å². The third-order valence-electron chi connectivity index (χ3n) is 4.14. The highest BCUT2D eigenvalue weighted by atomic mass is 16.5. The van der Waals surface area contributed by atoms with Crippen molar-refractivity contribution in [2.45, 2.75) is 70.8 Å². The van der Waals surface area contributed by atoms with Crippen LogP contribution in [0.25, 0.3) is 0 Å². The van der Waals surface area contributed by atoms with E-state index in [4.69, 9.17) is 10.3 Å². The minimum absolute atomic E-state index is 0.111. The van der Waals surface area contributed by atoms with Crippen molar-refractivity contribution in [3.05, 3.63) is 11.7 Å². The van der Waals surface area contributed by atoms with Gasteiger partial charge in [0.15, 0.2) is 5.82 Å². The number of carbonyl (C=O) groups is 1. The molecule has 1 aromatic heterocycles. The molecule has 1 aromatic rings. The van der Waals surface area contributed by atoms with Crippen molar-refractivity contribution in [3.63, 3.8) is 0 Å². The Kier molecular flexibility index (Phi) is 5.56. The van der Waals surface area contributed by atoms with Crippen LogP contribution in [0.3, 0.4) is 0 Å². The standard InChI is InChI=1S/C16H28N4O2/c1-16(2,3)15-18-13(22-19-15)8-6-9-14(21)20-10-5-4-7-12(20)11-17/h12H,4-11,17H2,1-3H3. The van der Waals surface area contributed by atoms with Crippen LogP contribution in [0, 0.1) is 0 Å². The van der Waals surface area contributed by atoms with Gasteiger partial charge >= 0.3 is 0 Å². The largest absolute Gasteiger partial charge is 0.339 e. The molecule has 0 aromatic carbocycles. The van der Waals surface area contributed by atoms with E-state index in [9.17, 15) is 4.79 Å². The molecule has 0 aliphatic carbocycles. The van der Waals surface area contributed by atoms with Crippen molar-refractivity contribution in [1.29, 1.82) is 0 Å². The summed E-state index contributed by atoms with van der Waals surface area (Å²) in [5.74, 6) is 1.53. The van der Waals surface area contributed by atoms with Gasteiger partial charge in [0.05, 0.1) is 0 Å². The first-order valence-corrected chi connectivity index (χ1v) is 8.24. The number of aromatic nitrogens is 2. The van der Waals surface area contributed by atoms with Crippen LogP contribution in [0.1, 0.15) is 64.6 Å². The first-order valence-electron chi connectivity index (χ1n) is 8.24. The van der Waals surface area contributed by atoms with Crippen LogP contribution in [-0.2, 0) is 16.6 Å². The number of nitrogens with two attached hydrogens (primary N) is 1. The predicted molar refractivity (Wildman–Crippen MR) is 84.3 cm³/mol. The Hall–Kier alpha value is -1.43. The van der Waals surface area contributed by atoms with Crippen LogP contribution in [0.4, 0.5) is 0 Å². The van der Waals surface area contributed by atoms with Crippen LogP contribution in [-0.4, -0.2) is 40.1 Å². The summed E-state index contributed by atoms with van der Waals surface area (Å²) in [6.07, 6.45) is 5.18.